The van der Waals surface area contributed by atoms with Crippen molar-refractivity contribution in [1.29, 1.82) is 0 Å². The molecule has 5 heteroatoms. The fourth-order valence-corrected chi connectivity index (χ4v) is 5.21. The number of imidazole rings is 1. The lowest BCUT2D eigenvalue weighted by atomic mass is 9.66. The van der Waals surface area contributed by atoms with Crippen LogP contribution in [0.4, 0.5) is 0 Å². The van der Waals surface area contributed by atoms with E-state index in [0.717, 1.165) is 36.9 Å². The second-order valence-electron chi connectivity index (χ2n) is 8.09. The summed E-state index contributed by atoms with van der Waals surface area (Å²) in [5, 5.41) is 11.7. The van der Waals surface area contributed by atoms with Gasteiger partial charge in [-0.3, -0.25) is 4.79 Å². The highest BCUT2D eigenvalue weighted by Gasteiger charge is 2.50. The molecule has 1 amide bonds. The van der Waals surface area contributed by atoms with Gasteiger partial charge < -0.3 is 14.4 Å². The van der Waals surface area contributed by atoms with E-state index in [1.165, 1.54) is 0 Å². The third-order valence-electron chi connectivity index (χ3n) is 6.59. The van der Waals surface area contributed by atoms with E-state index in [0.29, 0.717) is 18.7 Å². The molecular weight excluding hydrogens is 350 g/mol. The average Bonchev–Trinajstić information content (AvgIpc) is 3.19. The highest BCUT2D eigenvalue weighted by molar-refractivity contribution is 5.93. The van der Waals surface area contributed by atoms with E-state index in [1.54, 1.807) is 0 Å². The molecule has 28 heavy (non-hydrogen) atoms. The molecule has 1 aliphatic heterocycles. The van der Waals surface area contributed by atoms with Crippen LogP contribution in [0.2, 0.25) is 0 Å². The molecule has 2 fully saturated rings. The number of hydrogen-bond donors (Lipinski definition) is 1. The first-order chi connectivity index (χ1) is 13.7. The SMILES string of the molecule is O=C(c1cn2ccccc2n1)N1CC[C@@](O)(c2ccccc2)[C@H]2CCCC[C@@H]21. The number of likely N-dealkylation sites (tertiary alicyclic amines) is 1. The van der Waals surface area contributed by atoms with Gasteiger partial charge >= 0.3 is 0 Å². The van der Waals surface area contributed by atoms with Crippen LogP contribution in [0.3, 0.4) is 0 Å². The summed E-state index contributed by atoms with van der Waals surface area (Å²) in [7, 11) is 0. The van der Waals surface area contributed by atoms with Gasteiger partial charge in [-0.2, -0.15) is 0 Å². The molecule has 3 aromatic rings. The number of carbonyl (C=O) groups excluding carboxylic acids is 1. The van der Waals surface area contributed by atoms with Gasteiger partial charge in [-0.05, 0) is 37.0 Å². The molecule has 1 saturated heterocycles. The minimum absolute atomic E-state index is 0.0179. The lowest BCUT2D eigenvalue weighted by Crippen LogP contribution is -2.59. The van der Waals surface area contributed by atoms with Crippen LogP contribution in [0.25, 0.3) is 5.65 Å². The predicted octanol–water partition coefficient (Wildman–Crippen LogP) is 3.63. The number of piperidine rings is 1. The number of aliphatic hydroxyl groups is 1. The van der Waals surface area contributed by atoms with E-state index in [9.17, 15) is 9.90 Å². The molecule has 1 aromatic carbocycles. The third-order valence-corrected chi connectivity index (χ3v) is 6.59. The molecule has 3 heterocycles. The Morgan fingerprint density at radius 1 is 1.07 bits per heavy atom. The number of carbonyl (C=O) groups is 1. The standard InChI is InChI=1S/C23H25N3O2/c27-22(19-16-25-14-7-6-12-21(25)24-19)26-15-13-23(28,17-8-2-1-3-9-17)18-10-4-5-11-20(18)26/h1-3,6-9,12,14,16,18,20,28H,4-5,10-11,13,15H2/t18-,20-,23+/m0/s1. The highest BCUT2D eigenvalue weighted by atomic mass is 16.3. The molecule has 1 N–H and O–H groups in total. The monoisotopic (exact) mass is 375 g/mol. The first-order valence-electron chi connectivity index (χ1n) is 10.2. The Bertz CT molecular complexity index is 966. The molecule has 1 aliphatic carbocycles. The Kier molecular flexibility index (Phi) is 4.20. The lowest BCUT2D eigenvalue weighted by molar-refractivity contribution is -0.110. The van der Waals surface area contributed by atoms with E-state index in [2.05, 4.69) is 4.98 Å². The van der Waals surface area contributed by atoms with Gasteiger partial charge in [0.1, 0.15) is 11.3 Å². The summed E-state index contributed by atoms with van der Waals surface area (Å²) in [5.74, 6) is 0.0501. The Morgan fingerprint density at radius 2 is 1.86 bits per heavy atom. The van der Waals surface area contributed by atoms with Crippen LogP contribution in [-0.2, 0) is 5.60 Å². The summed E-state index contributed by atoms with van der Waals surface area (Å²) >= 11 is 0. The largest absolute Gasteiger partial charge is 0.385 e. The number of nitrogens with zero attached hydrogens (tertiary/aromatic N) is 3. The molecule has 1 saturated carbocycles. The van der Waals surface area contributed by atoms with Gasteiger partial charge in [0.2, 0.25) is 0 Å². The van der Waals surface area contributed by atoms with Crippen molar-refractivity contribution in [2.75, 3.05) is 6.54 Å². The summed E-state index contributed by atoms with van der Waals surface area (Å²) in [5.41, 5.74) is 1.39. The number of amides is 1. The second-order valence-corrected chi connectivity index (χ2v) is 8.09. The zero-order valence-corrected chi connectivity index (χ0v) is 15.9. The molecule has 0 unspecified atom stereocenters. The maximum atomic E-state index is 13.3. The molecule has 3 atom stereocenters. The van der Waals surface area contributed by atoms with Crippen molar-refractivity contribution in [2.24, 2.45) is 5.92 Å². The van der Waals surface area contributed by atoms with Crippen molar-refractivity contribution in [2.45, 2.75) is 43.7 Å². The summed E-state index contributed by atoms with van der Waals surface area (Å²) in [4.78, 5) is 19.8. The summed E-state index contributed by atoms with van der Waals surface area (Å²) < 4.78 is 1.88. The van der Waals surface area contributed by atoms with Crippen LogP contribution in [0, 0.1) is 5.92 Å². The van der Waals surface area contributed by atoms with Crippen molar-refractivity contribution in [1.82, 2.24) is 14.3 Å². The quantitative estimate of drug-likeness (QED) is 0.744. The zero-order valence-electron chi connectivity index (χ0n) is 15.9. The van der Waals surface area contributed by atoms with E-state index in [1.807, 2.05) is 70.2 Å². The number of hydrogen-bond acceptors (Lipinski definition) is 3. The Morgan fingerprint density at radius 3 is 2.68 bits per heavy atom. The minimum Gasteiger partial charge on any atom is -0.385 e. The van der Waals surface area contributed by atoms with Gasteiger partial charge in [-0.15, -0.1) is 0 Å². The Hall–Kier alpha value is -2.66. The van der Waals surface area contributed by atoms with Crippen LogP contribution in [-0.4, -0.2) is 37.9 Å². The summed E-state index contributed by atoms with van der Waals surface area (Å²) in [6, 6.07) is 15.8. The second kappa shape index (κ2) is 6.74. The van der Waals surface area contributed by atoms with E-state index in [4.69, 9.17) is 0 Å². The molecule has 5 rings (SSSR count). The van der Waals surface area contributed by atoms with Crippen LogP contribution in [0.1, 0.15) is 48.2 Å². The topological polar surface area (TPSA) is 57.8 Å². The molecule has 2 aromatic heterocycles. The fraction of sp³-hybridized carbons (Fsp3) is 0.391. The van der Waals surface area contributed by atoms with Gasteiger partial charge in [0.25, 0.3) is 5.91 Å². The van der Waals surface area contributed by atoms with Gasteiger partial charge in [-0.25, -0.2) is 4.98 Å². The van der Waals surface area contributed by atoms with Crippen LogP contribution in [0.5, 0.6) is 0 Å². The van der Waals surface area contributed by atoms with E-state index < -0.39 is 5.60 Å². The van der Waals surface area contributed by atoms with Crippen LogP contribution >= 0.6 is 0 Å². The number of rotatable bonds is 2. The molecule has 0 bridgehead atoms. The number of benzene rings is 1. The van der Waals surface area contributed by atoms with Gasteiger partial charge in [0.05, 0.1) is 5.60 Å². The third kappa shape index (κ3) is 2.73. The summed E-state index contributed by atoms with van der Waals surface area (Å²) in [6.07, 6.45) is 8.38. The van der Waals surface area contributed by atoms with Crippen LogP contribution < -0.4 is 0 Å². The smallest absolute Gasteiger partial charge is 0.274 e. The number of aromatic nitrogens is 2. The van der Waals surface area contributed by atoms with Crippen LogP contribution in [0.15, 0.2) is 60.9 Å². The predicted molar refractivity (Wildman–Crippen MR) is 107 cm³/mol. The number of fused-ring (bicyclic) bond motifs is 2. The van der Waals surface area contributed by atoms with Gasteiger partial charge in [-0.1, -0.05) is 49.2 Å². The maximum absolute atomic E-state index is 13.3. The summed E-state index contributed by atoms with van der Waals surface area (Å²) in [6.45, 7) is 0.555. The normalized spacial score (nSPS) is 27.5. The maximum Gasteiger partial charge on any atom is 0.274 e. The van der Waals surface area contributed by atoms with Gasteiger partial charge in [0, 0.05) is 30.9 Å². The average molecular weight is 375 g/mol. The van der Waals surface area contributed by atoms with E-state index >= 15 is 0 Å². The molecule has 144 valence electrons. The number of pyridine rings is 1. The first kappa shape index (κ1) is 17.4. The molecule has 0 spiro atoms. The Balaban J connectivity index is 1.48. The van der Waals surface area contributed by atoms with Crippen molar-refractivity contribution in [3.63, 3.8) is 0 Å². The van der Waals surface area contributed by atoms with Crippen molar-refractivity contribution >= 4 is 11.6 Å². The molecule has 5 nitrogen and oxygen atoms in total. The molecular formula is C23H25N3O2. The van der Waals surface area contributed by atoms with Crippen molar-refractivity contribution in [3.05, 3.63) is 72.2 Å². The lowest BCUT2D eigenvalue weighted by Gasteiger charge is -2.52. The Labute approximate surface area is 164 Å². The minimum atomic E-state index is -0.859. The highest BCUT2D eigenvalue weighted by Crippen LogP contribution is 2.47. The molecule has 2 aliphatic rings. The molecule has 0 radical (unpaired) electrons. The van der Waals surface area contributed by atoms with E-state index in [-0.39, 0.29) is 17.9 Å². The van der Waals surface area contributed by atoms with Crippen molar-refractivity contribution < 1.29 is 9.90 Å². The first-order valence-corrected chi connectivity index (χ1v) is 10.2. The van der Waals surface area contributed by atoms with Crippen molar-refractivity contribution in [3.8, 4) is 0 Å². The van der Waals surface area contributed by atoms with Gasteiger partial charge in [0.15, 0.2) is 0 Å². The fourth-order valence-electron chi connectivity index (χ4n) is 5.21. The zero-order chi connectivity index (χ0) is 19.1.